The van der Waals surface area contributed by atoms with Crippen LogP contribution in [0.3, 0.4) is 0 Å². The molecule has 6 heteroatoms. The summed E-state index contributed by atoms with van der Waals surface area (Å²) in [6, 6.07) is 104. The molecule has 380 valence electrons. The highest BCUT2D eigenvalue weighted by Crippen LogP contribution is 2.64. The van der Waals surface area contributed by atoms with E-state index >= 15 is 0 Å². The normalized spacial score (nSPS) is 12.5. The lowest BCUT2D eigenvalue weighted by Gasteiger charge is -2.33. The van der Waals surface area contributed by atoms with Gasteiger partial charge in [0.1, 0.15) is 11.0 Å². The van der Waals surface area contributed by atoms with Gasteiger partial charge in [-0.25, -0.2) is 9.97 Å². The standard InChI is InChI=1S/C75H48N4O2/c1-3-15-49(16-4-1)51-27-35-55(36-28-51)78(57-39-31-53(32-40-57)73-76-69-23-11-13-25-71(69)80-73)59-43-45-63-61-19-7-9-21-65(61)75(67(63)47-59)66-22-10-8-20-62(66)64-46-44-60(48-68(64)75)79(56-37-29-52(30-38-56)50-17-5-2-6-18-50)58-41-33-54(34-42-58)74-77-70-24-12-14-26-72(70)81-74/h1-48H. The minimum absolute atomic E-state index is 0.594. The molecule has 0 atom stereocenters. The van der Waals surface area contributed by atoms with Crippen molar-refractivity contribution in [3.05, 3.63) is 313 Å². The number of hydrogen-bond acceptors (Lipinski definition) is 6. The predicted molar refractivity (Wildman–Crippen MR) is 329 cm³/mol. The van der Waals surface area contributed by atoms with Gasteiger partial charge in [-0.2, -0.15) is 0 Å². The van der Waals surface area contributed by atoms with E-state index in [4.69, 9.17) is 18.8 Å². The van der Waals surface area contributed by atoms with E-state index in [2.05, 4.69) is 252 Å². The number of oxazole rings is 2. The Kier molecular flexibility index (Phi) is 10.7. The van der Waals surface area contributed by atoms with Gasteiger partial charge in [0.25, 0.3) is 0 Å². The SMILES string of the molecule is c1ccc(-c2ccc(N(c3ccc(-c4nc5ccccc5o4)cc3)c3ccc4c(c3)C3(c5ccccc5-4)c4ccccc4-c4ccc(N(c5ccc(-c6ccccc6)cc5)c5ccc(-c6nc7ccccc7o6)cc5)cc43)cc2)cc1. The second kappa shape index (κ2) is 18.7. The zero-order chi connectivity index (χ0) is 53.4. The van der Waals surface area contributed by atoms with Crippen LogP contribution in [0, 0.1) is 0 Å². The summed E-state index contributed by atoms with van der Waals surface area (Å²) in [5, 5.41) is 0. The van der Waals surface area contributed by atoms with E-state index in [0.717, 1.165) is 78.6 Å². The van der Waals surface area contributed by atoms with Gasteiger partial charge < -0.3 is 18.6 Å². The fourth-order valence-electron chi connectivity index (χ4n) is 12.7. The molecule has 16 rings (SSSR count). The van der Waals surface area contributed by atoms with Crippen LogP contribution >= 0.6 is 0 Å². The van der Waals surface area contributed by atoms with Gasteiger partial charge >= 0.3 is 0 Å². The van der Waals surface area contributed by atoms with Crippen LogP contribution in [0.25, 0.3) is 89.6 Å². The molecule has 2 aliphatic carbocycles. The Bertz CT molecular complexity index is 4310. The lowest BCUT2D eigenvalue weighted by Crippen LogP contribution is -2.26. The molecular weight excluding hydrogens is 989 g/mol. The first-order valence-electron chi connectivity index (χ1n) is 27.4. The van der Waals surface area contributed by atoms with Gasteiger partial charge in [0, 0.05) is 45.3 Å². The number of hydrogen-bond donors (Lipinski definition) is 0. The van der Waals surface area contributed by atoms with Crippen molar-refractivity contribution >= 4 is 56.3 Å². The van der Waals surface area contributed by atoms with E-state index in [1.165, 1.54) is 55.6 Å². The Morgan fingerprint density at radius 2 is 0.556 bits per heavy atom. The van der Waals surface area contributed by atoms with Crippen molar-refractivity contribution in [2.45, 2.75) is 5.41 Å². The maximum absolute atomic E-state index is 6.26. The topological polar surface area (TPSA) is 58.5 Å². The van der Waals surface area contributed by atoms with Crippen LogP contribution in [-0.2, 0) is 5.41 Å². The molecule has 0 radical (unpaired) electrons. The molecule has 14 aromatic rings. The minimum Gasteiger partial charge on any atom is -0.436 e. The van der Waals surface area contributed by atoms with E-state index in [1.54, 1.807) is 0 Å². The number of benzene rings is 12. The van der Waals surface area contributed by atoms with E-state index in [0.29, 0.717) is 11.8 Å². The second-order valence-corrected chi connectivity index (χ2v) is 20.9. The Morgan fingerprint density at radius 1 is 0.247 bits per heavy atom. The summed E-state index contributed by atoms with van der Waals surface area (Å²) in [7, 11) is 0. The number of nitrogens with zero attached hydrogens (tertiary/aromatic N) is 4. The summed E-state index contributed by atoms with van der Waals surface area (Å²) in [6.45, 7) is 0. The van der Waals surface area contributed by atoms with Crippen LogP contribution in [0.4, 0.5) is 34.1 Å². The molecule has 2 heterocycles. The zero-order valence-electron chi connectivity index (χ0n) is 43.8. The van der Waals surface area contributed by atoms with Crippen LogP contribution in [-0.4, -0.2) is 9.97 Å². The van der Waals surface area contributed by atoms with E-state index in [9.17, 15) is 0 Å². The highest BCUT2D eigenvalue weighted by molar-refractivity contribution is 5.98. The maximum Gasteiger partial charge on any atom is 0.227 e. The third-order valence-corrected chi connectivity index (χ3v) is 16.4. The van der Waals surface area contributed by atoms with Crippen LogP contribution in [0.1, 0.15) is 22.3 Å². The van der Waals surface area contributed by atoms with Crippen molar-refractivity contribution in [1.82, 2.24) is 9.97 Å². The smallest absolute Gasteiger partial charge is 0.227 e. The van der Waals surface area contributed by atoms with Crippen LogP contribution in [0.15, 0.2) is 300 Å². The van der Waals surface area contributed by atoms with E-state index < -0.39 is 5.41 Å². The van der Waals surface area contributed by atoms with Crippen LogP contribution < -0.4 is 9.80 Å². The number of rotatable bonds is 10. The fraction of sp³-hybridized carbons (Fsp3) is 0.0133. The molecule has 0 N–H and O–H groups in total. The summed E-state index contributed by atoms with van der Waals surface area (Å²) in [6.07, 6.45) is 0. The molecule has 0 saturated heterocycles. The molecule has 6 nitrogen and oxygen atoms in total. The average Bonchev–Trinajstić information content (AvgIpc) is 3.98. The van der Waals surface area contributed by atoms with Crippen molar-refractivity contribution in [1.29, 1.82) is 0 Å². The molecule has 0 amide bonds. The molecule has 0 bridgehead atoms. The first-order valence-corrected chi connectivity index (χ1v) is 27.4. The number of aromatic nitrogens is 2. The summed E-state index contributed by atoms with van der Waals surface area (Å²) in [4.78, 5) is 14.5. The van der Waals surface area contributed by atoms with Gasteiger partial charge in [-0.15, -0.1) is 0 Å². The first-order chi connectivity index (χ1) is 40.1. The van der Waals surface area contributed by atoms with Gasteiger partial charge in [0.05, 0.1) is 5.41 Å². The van der Waals surface area contributed by atoms with Crippen molar-refractivity contribution in [2.24, 2.45) is 0 Å². The predicted octanol–water partition coefficient (Wildman–Crippen LogP) is 19.9. The maximum atomic E-state index is 6.26. The molecule has 2 aliphatic rings. The van der Waals surface area contributed by atoms with Gasteiger partial charge in [-0.3, -0.25) is 0 Å². The third-order valence-electron chi connectivity index (χ3n) is 16.4. The molecule has 0 aliphatic heterocycles. The van der Waals surface area contributed by atoms with Gasteiger partial charge in [-0.1, -0.05) is 170 Å². The van der Waals surface area contributed by atoms with Crippen molar-refractivity contribution in [3.8, 4) is 67.4 Å². The van der Waals surface area contributed by atoms with Gasteiger partial charge in [-0.05, 0) is 188 Å². The number of fused-ring (bicyclic) bond motifs is 12. The molecule has 12 aromatic carbocycles. The summed E-state index contributed by atoms with van der Waals surface area (Å²) >= 11 is 0. The van der Waals surface area contributed by atoms with Gasteiger partial charge in [0.2, 0.25) is 11.8 Å². The lowest BCUT2D eigenvalue weighted by atomic mass is 9.70. The molecule has 0 saturated carbocycles. The highest BCUT2D eigenvalue weighted by Gasteiger charge is 2.52. The summed E-state index contributed by atoms with van der Waals surface area (Å²) in [5.41, 5.74) is 25.1. The van der Waals surface area contributed by atoms with Crippen LogP contribution in [0.5, 0.6) is 0 Å². The summed E-state index contributed by atoms with van der Waals surface area (Å²) in [5.74, 6) is 1.19. The minimum atomic E-state index is -0.664. The monoisotopic (exact) mass is 1040 g/mol. The first kappa shape index (κ1) is 46.3. The Labute approximate surface area is 468 Å². The Morgan fingerprint density at radius 3 is 0.951 bits per heavy atom. The lowest BCUT2D eigenvalue weighted by molar-refractivity contribution is 0.619. The third kappa shape index (κ3) is 7.56. The second-order valence-electron chi connectivity index (χ2n) is 20.9. The molecule has 2 aromatic heterocycles. The Balaban J connectivity index is 0.869. The largest absolute Gasteiger partial charge is 0.436 e. The molecule has 81 heavy (non-hydrogen) atoms. The highest BCUT2D eigenvalue weighted by atomic mass is 16.4. The number of para-hydroxylation sites is 4. The van der Waals surface area contributed by atoms with E-state index in [1.807, 2.05) is 48.5 Å². The Hall–Kier alpha value is -10.8. The molecule has 1 spiro atoms. The van der Waals surface area contributed by atoms with E-state index in [-0.39, 0.29) is 0 Å². The fourth-order valence-corrected chi connectivity index (χ4v) is 12.7. The average molecular weight is 1040 g/mol. The number of anilines is 6. The van der Waals surface area contributed by atoms with Crippen molar-refractivity contribution < 1.29 is 8.83 Å². The molecule has 0 unspecified atom stereocenters. The van der Waals surface area contributed by atoms with Crippen LogP contribution in [0.2, 0.25) is 0 Å². The molecular formula is C75H48N4O2. The summed E-state index contributed by atoms with van der Waals surface area (Å²) < 4.78 is 12.5. The molecule has 0 fully saturated rings. The van der Waals surface area contributed by atoms with Crippen molar-refractivity contribution in [2.75, 3.05) is 9.80 Å². The zero-order valence-corrected chi connectivity index (χ0v) is 43.8. The van der Waals surface area contributed by atoms with Crippen molar-refractivity contribution in [3.63, 3.8) is 0 Å². The quantitative estimate of drug-likeness (QED) is 0.136. The van der Waals surface area contributed by atoms with Gasteiger partial charge in [0.15, 0.2) is 11.2 Å².